The van der Waals surface area contributed by atoms with Gasteiger partial charge in [-0.1, -0.05) is 57.2 Å². The van der Waals surface area contributed by atoms with E-state index in [1.54, 1.807) is 0 Å². The maximum Gasteiger partial charge on any atom is 0.339 e. The van der Waals surface area contributed by atoms with Crippen molar-refractivity contribution in [3.8, 4) is 11.5 Å². The predicted octanol–water partition coefficient (Wildman–Crippen LogP) is 5.79. The summed E-state index contributed by atoms with van der Waals surface area (Å²) in [6.45, 7) is 6.70. The molecule has 0 saturated carbocycles. The van der Waals surface area contributed by atoms with Crippen molar-refractivity contribution in [3.63, 3.8) is 0 Å². The van der Waals surface area contributed by atoms with Gasteiger partial charge >= 0.3 is 5.97 Å². The second-order valence-corrected chi connectivity index (χ2v) is 9.68. The summed E-state index contributed by atoms with van der Waals surface area (Å²) in [6.07, 6.45) is 2.76. The number of rotatable bonds is 4. The number of carbonyl (C=O) groups excluding carboxylic acids is 1. The number of hydrogen-bond donors (Lipinski definition) is 0. The van der Waals surface area contributed by atoms with Crippen LogP contribution in [0.1, 0.15) is 54.7 Å². The molecule has 2 aromatic heterocycles. The topological polar surface area (TPSA) is 78.1 Å². The van der Waals surface area contributed by atoms with Gasteiger partial charge in [-0.25, -0.2) is 4.79 Å². The van der Waals surface area contributed by atoms with Crippen molar-refractivity contribution in [3.05, 3.63) is 77.3 Å². The summed E-state index contributed by atoms with van der Waals surface area (Å²) < 4.78 is 11.4. The number of esters is 1. The number of fused-ring (bicyclic) bond motifs is 2. The molecule has 2 heterocycles. The van der Waals surface area contributed by atoms with Gasteiger partial charge in [0.2, 0.25) is 5.89 Å². The fourth-order valence-corrected chi connectivity index (χ4v) is 4.57. The lowest BCUT2D eigenvalue weighted by atomic mass is 9.70. The molecule has 0 aliphatic heterocycles. The third kappa shape index (κ3) is 4.25. The molecule has 0 N–H and O–H groups in total. The van der Waals surface area contributed by atoms with Gasteiger partial charge < -0.3 is 9.15 Å². The first-order valence-electron chi connectivity index (χ1n) is 11.4. The molecule has 4 aromatic rings. The molecule has 0 saturated heterocycles. The number of nitrogens with zero attached hydrogens (tertiary/aromatic N) is 3. The summed E-state index contributed by atoms with van der Waals surface area (Å²) in [5.41, 5.74) is 4.44. The van der Waals surface area contributed by atoms with Crippen LogP contribution in [0.15, 0.2) is 59.0 Å². The number of aryl methyl sites for hydroxylation is 1. The summed E-state index contributed by atoms with van der Waals surface area (Å²) in [5.74, 6) is 0.770. The standard InChI is InChI=1S/C27H27N3O3/c1-27(2,3)18-13-14-22-20(15-18)24(19-11-7-8-12-21(19)28-22)26(31)32-16-23-29-30-25(33-23)17-9-5-4-6-10-17/h4-12,18H,13-16H2,1-3H3. The molecule has 6 heteroatoms. The number of pyridine rings is 1. The Kier molecular flexibility index (Phi) is 5.44. The van der Waals surface area contributed by atoms with Gasteiger partial charge in [0.1, 0.15) is 0 Å². The van der Waals surface area contributed by atoms with E-state index in [9.17, 15) is 4.79 Å². The normalized spacial score (nSPS) is 15.9. The third-order valence-electron chi connectivity index (χ3n) is 6.50. The van der Waals surface area contributed by atoms with Crippen LogP contribution in [0.25, 0.3) is 22.4 Å². The van der Waals surface area contributed by atoms with Crippen molar-refractivity contribution in [2.75, 3.05) is 0 Å². The highest BCUT2D eigenvalue weighted by atomic mass is 16.5. The molecular formula is C27H27N3O3. The Hall–Kier alpha value is -3.54. The zero-order chi connectivity index (χ0) is 23.0. The first-order chi connectivity index (χ1) is 15.9. The monoisotopic (exact) mass is 441 g/mol. The highest BCUT2D eigenvalue weighted by Crippen LogP contribution is 2.39. The van der Waals surface area contributed by atoms with E-state index in [1.807, 2.05) is 54.6 Å². The molecule has 1 atom stereocenters. The zero-order valence-electron chi connectivity index (χ0n) is 19.2. The highest BCUT2D eigenvalue weighted by molar-refractivity contribution is 6.05. The molecule has 2 aromatic carbocycles. The zero-order valence-corrected chi connectivity index (χ0v) is 19.2. The summed E-state index contributed by atoms with van der Waals surface area (Å²) in [5, 5.41) is 8.95. The molecule has 1 unspecified atom stereocenters. The van der Waals surface area contributed by atoms with Crippen LogP contribution in [0.5, 0.6) is 0 Å². The van der Waals surface area contributed by atoms with Crippen LogP contribution in [-0.4, -0.2) is 21.2 Å². The molecule has 33 heavy (non-hydrogen) atoms. The van der Waals surface area contributed by atoms with E-state index in [4.69, 9.17) is 14.1 Å². The van der Waals surface area contributed by atoms with Gasteiger partial charge in [0, 0.05) is 16.6 Å². The number of carbonyl (C=O) groups is 1. The van der Waals surface area contributed by atoms with Crippen LogP contribution in [0, 0.1) is 11.3 Å². The van der Waals surface area contributed by atoms with E-state index in [1.165, 1.54) is 0 Å². The molecular weight excluding hydrogens is 414 g/mol. The van der Waals surface area contributed by atoms with E-state index in [0.717, 1.165) is 47.0 Å². The van der Waals surface area contributed by atoms with Crippen LogP contribution in [0.3, 0.4) is 0 Å². The maximum atomic E-state index is 13.4. The second kappa shape index (κ2) is 8.43. The van der Waals surface area contributed by atoms with Crippen LogP contribution in [0.2, 0.25) is 0 Å². The van der Waals surface area contributed by atoms with Gasteiger partial charge in [0.05, 0.1) is 11.1 Å². The van der Waals surface area contributed by atoms with Crippen LogP contribution in [-0.2, 0) is 24.2 Å². The molecule has 1 aliphatic rings. The maximum absolute atomic E-state index is 13.4. The lowest BCUT2D eigenvalue weighted by Crippen LogP contribution is -2.29. The average molecular weight is 442 g/mol. The molecule has 0 radical (unpaired) electrons. The van der Waals surface area contributed by atoms with E-state index < -0.39 is 0 Å². The van der Waals surface area contributed by atoms with E-state index >= 15 is 0 Å². The van der Waals surface area contributed by atoms with Gasteiger partial charge in [-0.15, -0.1) is 10.2 Å². The predicted molar refractivity (Wildman–Crippen MR) is 126 cm³/mol. The number of ether oxygens (including phenoxy) is 1. The molecule has 0 amide bonds. The van der Waals surface area contributed by atoms with Crippen LogP contribution in [0.4, 0.5) is 0 Å². The minimum Gasteiger partial charge on any atom is -0.452 e. The Morgan fingerprint density at radius 1 is 1.06 bits per heavy atom. The Morgan fingerprint density at radius 2 is 1.82 bits per heavy atom. The largest absolute Gasteiger partial charge is 0.452 e. The van der Waals surface area contributed by atoms with Crippen molar-refractivity contribution in [1.29, 1.82) is 0 Å². The second-order valence-electron chi connectivity index (χ2n) is 9.68. The van der Waals surface area contributed by atoms with Crippen molar-refractivity contribution in [1.82, 2.24) is 15.2 Å². The van der Waals surface area contributed by atoms with Crippen LogP contribution >= 0.6 is 0 Å². The fourth-order valence-electron chi connectivity index (χ4n) is 4.57. The number of para-hydroxylation sites is 1. The number of benzene rings is 2. The number of hydrogen-bond acceptors (Lipinski definition) is 6. The smallest absolute Gasteiger partial charge is 0.339 e. The molecule has 0 fully saturated rings. The molecule has 6 nitrogen and oxygen atoms in total. The number of aromatic nitrogens is 3. The summed E-state index contributed by atoms with van der Waals surface area (Å²) in [7, 11) is 0. The minimum absolute atomic E-state index is 0.0766. The summed E-state index contributed by atoms with van der Waals surface area (Å²) in [6, 6.07) is 17.3. The lowest BCUT2D eigenvalue weighted by molar-refractivity contribution is 0.0438. The van der Waals surface area contributed by atoms with Gasteiger partial charge in [-0.3, -0.25) is 4.98 Å². The molecule has 168 valence electrons. The van der Waals surface area contributed by atoms with Gasteiger partial charge in [0.15, 0.2) is 6.61 Å². The third-order valence-corrected chi connectivity index (χ3v) is 6.50. The molecule has 5 rings (SSSR count). The van der Waals surface area contributed by atoms with Crippen molar-refractivity contribution in [2.45, 2.75) is 46.6 Å². The van der Waals surface area contributed by atoms with Gasteiger partial charge in [-0.05, 0) is 54.4 Å². The lowest BCUT2D eigenvalue weighted by Gasteiger charge is -2.35. The fraction of sp³-hybridized carbons (Fsp3) is 0.333. The Labute approximate surface area is 193 Å². The van der Waals surface area contributed by atoms with E-state index in [-0.39, 0.29) is 23.9 Å². The first-order valence-corrected chi connectivity index (χ1v) is 11.4. The van der Waals surface area contributed by atoms with Crippen molar-refractivity contribution in [2.24, 2.45) is 11.3 Å². The Morgan fingerprint density at radius 3 is 2.61 bits per heavy atom. The molecule has 0 bridgehead atoms. The Bertz CT molecular complexity index is 1310. The van der Waals surface area contributed by atoms with Crippen molar-refractivity contribution >= 4 is 16.9 Å². The Balaban J connectivity index is 1.44. The quantitative estimate of drug-likeness (QED) is 0.373. The minimum atomic E-state index is -0.376. The van der Waals surface area contributed by atoms with Gasteiger partial charge in [0.25, 0.3) is 5.89 Å². The van der Waals surface area contributed by atoms with E-state index in [2.05, 4.69) is 31.0 Å². The first kappa shape index (κ1) is 21.3. The van der Waals surface area contributed by atoms with Crippen LogP contribution < -0.4 is 0 Å². The highest BCUT2D eigenvalue weighted by Gasteiger charge is 2.33. The van der Waals surface area contributed by atoms with Crippen molar-refractivity contribution < 1.29 is 13.9 Å². The molecule has 0 spiro atoms. The van der Waals surface area contributed by atoms with E-state index in [0.29, 0.717) is 17.4 Å². The summed E-state index contributed by atoms with van der Waals surface area (Å²) in [4.78, 5) is 18.3. The van der Waals surface area contributed by atoms with Gasteiger partial charge in [-0.2, -0.15) is 0 Å². The SMILES string of the molecule is CC(C)(C)C1CCc2nc3ccccc3c(C(=O)OCc3nnc(-c4ccccc4)o3)c2C1. The average Bonchev–Trinajstić information content (AvgIpc) is 3.30. The summed E-state index contributed by atoms with van der Waals surface area (Å²) >= 11 is 0. The molecule has 1 aliphatic carbocycles.